The highest BCUT2D eigenvalue weighted by Crippen LogP contribution is 2.28. The van der Waals surface area contributed by atoms with Gasteiger partial charge in [-0.15, -0.1) is 0 Å². The largest absolute Gasteiger partial charge is 0.508 e. The molecule has 1 N–H and O–H groups in total. The molecule has 0 fully saturated rings. The first-order chi connectivity index (χ1) is 14.5. The van der Waals surface area contributed by atoms with Crippen LogP contribution in [-0.2, 0) is 17.8 Å². The summed E-state index contributed by atoms with van der Waals surface area (Å²) in [6.45, 7) is 3.39. The van der Waals surface area contributed by atoms with Gasteiger partial charge in [0.25, 0.3) is 0 Å². The number of carbonyl (C=O) groups excluding carboxylic acids is 1. The van der Waals surface area contributed by atoms with Crippen LogP contribution in [0.2, 0.25) is 0 Å². The Kier molecular flexibility index (Phi) is 5.10. The molecule has 4 rings (SSSR count). The summed E-state index contributed by atoms with van der Waals surface area (Å²) in [7, 11) is 0. The fourth-order valence-corrected chi connectivity index (χ4v) is 3.21. The zero-order valence-electron chi connectivity index (χ0n) is 16.5. The normalized spacial score (nSPS) is 11.0. The lowest BCUT2D eigenvalue weighted by atomic mass is 10.0. The Morgan fingerprint density at radius 3 is 2.60 bits per heavy atom. The van der Waals surface area contributed by atoms with Crippen molar-refractivity contribution in [3.8, 4) is 17.2 Å². The summed E-state index contributed by atoms with van der Waals surface area (Å²) in [5.41, 5.74) is 1.64. The highest BCUT2D eigenvalue weighted by Gasteiger charge is 2.20. The third kappa shape index (κ3) is 3.69. The molecular weight excluding hydrogens is 386 g/mol. The number of aromatic hydroxyl groups is 1. The van der Waals surface area contributed by atoms with Gasteiger partial charge in [0.1, 0.15) is 23.7 Å². The maximum absolute atomic E-state index is 12.6. The van der Waals surface area contributed by atoms with Gasteiger partial charge in [0.2, 0.25) is 5.89 Å². The van der Waals surface area contributed by atoms with E-state index in [1.807, 2.05) is 37.3 Å². The Morgan fingerprint density at radius 2 is 1.87 bits per heavy atom. The van der Waals surface area contributed by atoms with Crippen LogP contribution in [0.15, 0.2) is 62.2 Å². The van der Waals surface area contributed by atoms with Crippen LogP contribution < -0.4 is 5.63 Å². The number of ether oxygens (including phenoxy) is 1. The number of aryl methyl sites for hydroxylation is 2. The van der Waals surface area contributed by atoms with Gasteiger partial charge in [-0.05, 0) is 37.1 Å². The van der Waals surface area contributed by atoms with E-state index < -0.39 is 11.6 Å². The molecule has 0 saturated carbocycles. The van der Waals surface area contributed by atoms with E-state index in [9.17, 15) is 14.7 Å². The minimum Gasteiger partial charge on any atom is -0.508 e. The molecule has 7 heteroatoms. The molecule has 152 valence electrons. The Morgan fingerprint density at radius 1 is 1.10 bits per heavy atom. The summed E-state index contributed by atoms with van der Waals surface area (Å²) in [6.07, 6.45) is 0.598. The topological polar surface area (TPSA) is 103 Å². The van der Waals surface area contributed by atoms with E-state index >= 15 is 0 Å². The molecule has 0 unspecified atom stereocenters. The predicted octanol–water partition coefficient (Wildman–Crippen LogP) is 4.38. The zero-order valence-corrected chi connectivity index (χ0v) is 16.5. The van der Waals surface area contributed by atoms with Crippen molar-refractivity contribution < 1.29 is 23.5 Å². The second-order valence-electron chi connectivity index (χ2n) is 6.79. The van der Waals surface area contributed by atoms with Crippen molar-refractivity contribution in [1.29, 1.82) is 0 Å². The van der Waals surface area contributed by atoms with Crippen LogP contribution in [0, 0.1) is 6.92 Å². The van der Waals surface area contributed by atoms with Crippen LogP contribution in [0.5, 0.6) is 5.75 Å². The van der Waals surface area contributed by atoms with Gasteiger partial charge in [-0.3, -0.25) is 0 Å². The van der Waals surface area contributed by atoms with E-state index in [-0.39, 0.29) is 23.6 Å². The van der Waals surface area contributed by atoms with E-state index in [0.29, 0.717) is 34.6 Å². The minimum absolute atomic E-state index is 0.0500. The molecule has 2 aromatic carbocycles. The Balaban J connectivity index is 1.61. The summed E-state index contributed by atoms with van der Waals surface area (Å²) >= 11 is 0. The van der Waals surface area contributed by atoms with Crippen molar-refractivity contribution in [2.75, 3.05) is 0 Å². The second-order valence-corrected chi connectivity index (χ2v) is 6.79. The number of aromatic nitrogens is 1. The Bertz CT molecular complexity index is 1290. The van der Waals surface area contributed by atoms with Crippen molar-refractivity contribution >= 4 is 16.9 Å². The maximum atomic E-state index is 12.6. The van der Waals surface area contributed by atoms with Crippen LogP contribution in [0.1, 0.15) is 34.3 Å². The Labute approximate surface area is 171 Å². The lowest BCUT2D eigenvalue weighted by Gasteiger charge is -2.09. The fraction of sp³-hybridized carbons (Fsp3) is 0.174. The Hall–Kier alpha value is -3.87. The van der Waals surface area contributed by atoms with Crippen molar-refractivity contribution in [2.24, 2.45) is 0 Å². The minimum atomic E-state index is -0.658. The molecule has 0 spiro atoms. The standard InChI is InChI=1S/C23H19NO6/c1-3-14-9-17-16(10-20(26)30-19(17)11-18(14)25)12-28-23(27)21-13(2)29-22(24-21)15-7-5-4-6-8-15/h4-11,25H,3,12H2,1-2H3. The molecule has 2 aromatic heterocycles. The van der Waals surface area contributed by atoms with Crippen LogP contribution >= 0.6 is 0 Å². The number of esters is 1. The number of nitrogens with zero attached hydrogens (tertiary/aromatic N) is 1. The number of phenolic OH excluding ortho intramolecular Hbond substituents is 1. The average molecular weight is 405 g/mol. The number of carbonyl (C=O) groups is 1. The van der Waals surface area contributed by atoms with Crippen LogP contribution in [-0.4, -0.2) is 16.1 Å². The van der Waals surface area contributed by atoms with Gasteiger partial charge in [0.15, 0.2) is 5.69 Å². The zero-order chi connectivity index (χ0) is 21.3. The number of hydrogen-bond acceptors (Lipinski definition) is 7. The molecule has 30 heavy (non-hydrogen) atoms. The number of phenols is 1. The van der Waals surface area contributed by atoms with E-state index in [4.69, 9.17) is 13.6 Å². The first kappa shape index (κ1) is 19.4. The third-order valence-corrected chi connectivity index (χ3v) is 4.78. The van der Waals surface area contributed by atoms with Gasteiger partial charge in [-0.2, -0.15) is 0 Å². The summed E-state index contributed by atoms with van der Waals surface area (Å²) in [5.74, 6) is 0.0617. The van der Waals surface area contributed by atoms with Crippen molar-refractivity contribution in [3.63, 3.8) is 0 Å². The van der Waals surface area contributed by atoms with Gasteiger partial charge in [-0.1, -0.05) is 25.1 Å². The fourth-order valence-electron chi connectivity index (χ4n) is 3.21. The molecule has 0 atom stereocenters. The third-order valence-electron chi connectivity index (χ3n) is 4.78. The van der Waals surface area contributed by atoms with Crippen LogP contribution in [0.4, 0.5) is 0 Å². The molecule has 0 saturated heterocycles. The van der Waals surface area contributed by atoms with Gasteiger partial charge in [0.05, 0.1) is 0 Å². The molecule has 4 aromatic rings. The smallest absolute Gasteiger partial charge is 0.360 e. The van der Waals surface area contributed by atoms with Crippen molar-refractivity contribution in [2.45, 2.75) is 26.9 Å². The second kappa shape index (κ2) is 7.87. The van der Waals surface area contributed by atoms with E-state index in [2.05, 4.69) is 4.98 Å². The molecule has 0 amide bonds. The average Bonchev–Trinajstić information content (AvgIpc) is 3.13. The van der Waals surface area contributed by atoms with Crippen LogP contribution in [0.3, 0.4) is 0 Å². The monoisotopic (exact) mass is 405 g/mol. The summed E-state index contributed by atoms with van der Waals surface area (Å²) in [5, 5.41) is 10.6. The predicted molar refractivity (Wildman–Crippen MR) is 109 cm³/mol. The number of hydrogen-bond donors (Lipinski definition) is 1. The first-order valence-corrected chi connectivity index (χ1v) is 9.45. The number of oxazole rings is 1. The summed E-state index contributed by atoms with van der Waals surface area (Å²) in [4.78, 5) is 28.7. The molecule has 2 heterocycles. The SMILES string of the molecule is CCc1cc2c(COC(=O)c3nc(-c4ccccc4)oc3C)cc(=O)oc2cc1O. The molecular formula is C23H19NO6. The number of fused-ring (bicyclic) bond motifs is 1. The van der Waals surface area contributed by atoms with E-state index in [1.165, 1.54) is 12.1 Å². The van der Waals surface area contributed by atoms with E-state index in [1.54, 1.807) is 13.0 Å². The number of rotatable bonds is 5. The van der Waals surface area contributed by atoms with Gasteiger partial charge in [-0.25, -0.2) is 14.6 Å². The van der Waals surface area contributed by atoms with Gasteiger partial charge >= 0.3 is 11.6 Å². The maximum Gasteiger partial charge on any atom is 0.360 e. The molecule has 0 aliphatic heterocycles. The van der Waals surface area contributed by atoms with Gasteiger partial charge in [0, 0.05) is 28.6 Å². The van der Waals surface area contributed by atoms with Crippen LogP contribution in [0.25, 0.3) is 22.4 Å². The molecule has 0 aliphatic carbocycles. The molecule has 0 radical (unpaired) electrons. The van der Waals surface area contributed by atoms with Crippen molar-refractivity contribution in [1.82, 2.24) is 4.98 Å². The highest BCUT2D eigenvalue weighted by molar-refractivity contribution is 5.89. The van der Waals surface area contributed by atoms with E-state index in [0.717, 1.165) is 5.56 Å². The quantitative estimate of drug-likeness (QED) is 0.388. The lowest BCUT2D eigenvalue weighted by Crippen LogP contribution is -2.09. The lowest BCUT2D eigenvalue weighted by molar-refractivity contribution is 0.0465. The summed E-state index contributed by atoms with van der Waals surface area (Å²) < 4.78 is 16.2. The van der Waals surface area contributed by atoms with Crippen molar-refractivity contribution in [3.05, 3.63) is 81.5 Å². The first-order valence-electron chi connectivity index (χ1n) is 9.45. The highest BCUT2D eigenvalue weighted by atomic mass is 16.5. The molecule has 7 nitrogen and oxygen atoms in total. The molecule has 0 aliphatic rings. The summed E-state index contributed by atoms with van der Waals surface area (Å²) in [6, 6.07) is 13.6. The molecule has 0 bridgehead atoms. The number of benzene rings is 2. The van der Waals surface area contributed by atoms with Gasteiger partial charge < -0.3 is 18.7 Å².